The molecule has 0 bridgehead atoms. The van der Waals surface area contributed by atoms with Crippen LogP contribution in [0.4, 0.5) is 10.1 Å². The normalized spacial score (nSPS) is 17.3. The Hall–Kier alpha value is -3.59. The van der Waals surface area contributed by atoms with E-state index in [-0.39, 0.29) is 23.2 Å². The van der Waals surface area contributed by atoms with Gasteiger partial charge < -0.3 is 9.88 Å². The molecule has 2 aromatic carbocycles. The van der Waals surface area contributed by atoms with Crippen LogP contribution in [0.15, 0.2) is 60.7 Å². The van der Waals surface area contributed by atoms with Crippen LogP contribution >= 0.6 is 0 Å². The maximum absolute atomic E-state index is 13.6. The van der Waals surface area contributed by atoms with E-state index < -0.39 is 21.6 Å². The summed E-state index contributed by atoms with van der Waals surface area (Å²) in [5.74, 6) is -0.217. The topological polar surface area (TPSA) is 93.9 Å². The molecule has 0 radical (unpaired) electrons. The van der Waals surface area contributed by atoms with Gasteiger partial charge in [0.25, 0.3) is 5.91 Å². The van der Waals surface area contributed by atoms with Crippen LogP contribution in [0.1, 0.15) is 28.8 Å². The molecular weight excluding hydrogens is 443 g/mol. The van der Waals surface area contributed by atoms with Gasteiger partial charge in [-0.1, -0.05) is 36.4 Å². The number of nitrogens with one attached hydrogen (secondary N) is 1. The first-order valence-electron chi connectivity index (χ1n) is 10.5. The van der Waals surface area contributed by atoms with E-state index in [2.05, 4.69) is 15.3 Å². The first-order valence-corrected chi connectivity index (χ1v) is 12.4. The summed E-state index contributed by atoms with van der Waals surface area (Å²) >= 11 is 0. The Morgan fingerprint density at radius 1 is 1.09 bits per heavy atom. The fourth-order valence-corrected chi connectivity index (χ4v) is 6.02. The van der Waals surface area contributed by atoms with E-state index in [1.54, 1.807) is 13.0 Å². The number of pyridine rings is 1. The van der Waals surface area contributed by atoms with Crippen molar-refractivity contribution in [1.29, 1.82) is 0 Å². The highest BCUT2D eigenvalue weighted by molar-refractivity contribution is 7.91. The number of aryl methyl sites for hydroxylation is 1. The summed E-state index contributed by atoms with van der Waals surface area (Å²) in [4.78, 5) is 22.4. The lowest BCUT2D eigenvalue weighted by molar-refractivity contribution is 0.102. The largest absolute Gasteiger partial charge is 0.324 e. The summed E-state index contributed by atoms with van der Waals surface area (Å²) in [6.07, 6.45) is 0.489. The number of hydrogen-bond acceptors (Lipinski definition) is 5. The number of hydrogen-bond donors (Lipinski definition) is 1. The van der Waals surface area contributed by atoms with Gasteiger partial charge >= 0.3 is 0 Å². The number of imidazole rings is 1. The molecule has 3 heterocycles. The molecule has 33 heavy (non-hydrogen) atoms. The molecule has 1 saturated heterocycles. The molecule has 1 unspecified atom stereocenters. The number of sulfone groups is 1. The van der Waals surface area contributed by atoms with Crippen LogP contribution in [0.3, 0.4) is 0 Å². The predicted octanol–water partition coefficient (Wildman–Crippen LogP) is 4.16. The highest BCUT2D eigenvalue weighted by Crippen LogP contribution is 2.32. The number of aromatic nitrogens is 3. The molecule has 0 saturated carbocycles. The van der Waals surface area contributed by atoms with Crippen molar-refractivity contribution in [2.75, 3.05) is 16.8 Å². The van der Waals surface area contributed by atoms with Gasteiger partial charge in [-0.15, -0.1) is 0 Å². The van der Waals surface area contributed by atoms with Gasteiger partial charge in [0.15, 0.2) is 15.5 Å². The molecule has 1 fully saturated rings. The smallest absolute Gasteiger partial charge is 0.276 e. The highest BCUT2D eigenvalue weighted by atomic mass is 32.2. The second-order valence-electron chi connectivity index (χ2n) is 8.14. The van der Waals surface area contributed by atoms with E-state index in [4.69, 9.17) is 0 Å². The van der Waals surface area contributed by atoms with Gasteiger partial charge in [0.2, 0.25) is 0 Å². The summed E-state index contributed by atoms with van der Waals surface area (Å²) in [7, 11) is -3.12. The van der Waals surface area contributed by atoms with Crippen molar-refractivity contribution in [3.63, 3.8) is 0 Å². The van der Waals surface area contributed by atoms with Gasteiger partial charge in [0.1, 0.15) is 17.2 Å². The molecule has 0 aliphatic carbocycles. The number of amides is 1. The van der Waals surface area contributed by atoms with E-state index in [0.717, 1.165) is 5.56 Å². The summed E-state index contributed by atoms with van der Waals surface area (Å²) in [5, 5.41) is 2.69. The van der Waals surface area contributed by atoms with Gasteiger partial charge in [-0.25, -0.2) is 22.8 Å². The summed E-state index contributed by atoms with van der Waals surface area (Å²) < 4.78 is 39.8. The maximum Gasteiger partial charge on any atom is 0.276 e. The van der Waals surface area contributed by atoms with Crippen molar-refractivity contribution in [3.05, 3.63) is 78.0 Å². The predicted molar refractivity (Wildman–Crippen MR) is 124 cm³/mol. The second kappa shape index (κ2) is 8.08. The van der Waals surface area contributed by atoms with Crippen molar-refractivity contribution in [3.8, 4) is 11.3 Å². The van der Waals surface area contributed by atoms with Crippen LogP contribution < -0.4 is 5.32 Å². The zero-order chi connectivity index (χ0) is 23.2. The van der Waals surface area contributed by atoms with E-state index in [0.29, 0.717) is 34.7 Å². The number of anilines is 1. The first kappa shape index (κ1) is 21.3. The number of halogens is 1. The zero-order valence-electron chi connectivity index (χ0n) is 17.8. The Labute approximate surface area is 190 Å². The molecule has 7 nitrogen and oxygen atoms in total. The average molecular weight is 465 g/mol. The van der Waals surface area contributed by atoms with Gasteiger partial charge in [-0.3, -0.25) is 4.79 Å². The number of carbonyl (C=O) groups excluding carboxylic acids is 1. The molecule has 5 rings (SSSR count). The third-order valence-corrected chi connectivity index (χ3v) is 7.55. The first-order chi connectivity index (χ1) is 15.8. The van der Waals surface area contributed by atoms with Crippen LogP contribution in [0.5, 0.6) is 0 Å². The van der Waals surface area contributed by atoms with E-state index in [1.807, 2.05) is 41.0 Å². The van der Waals surface area contributed by atoms with Crippen LogP contribution in [-0.2, 0) is 9.84 Å². The van der Waals surface area contributed by atoms with E-state index in [1.165, 1.54) is 18.2 Å². The monoisotopic (exact) mass is 464 g/mol. The van der Waals surface area contributed by atoms with Gasteiger partial charge in [-0.05, 0) is 37.6 Å². The molecule has 1 amide bonds. The van der Waals surface area contributed by atoms with Crippen molar-refractivity contribution >= 4 is 32.5 Å². The van der Waals surface area contributed by atoms with Crippen molar-refractivity contribution in [2.45, 2.75) is 19.4 Å². The molecule has 168 valence electrons. The maximum atomic E-state index is 13.6. The molecule has 1 aliphatic rings. The molecule has 0 spiro atoms. The quantitative estimate of drug-likeness (QED) is 0.490. The number of carbonyl (C=O) groups is 1. The van der Waals surface area contributed by atoms with Crippen molar-refractivity contribution < 1.29 is 17.6 Å². The molecule has 1 aliphatic heterocycles. The molecule has 4 aromatic rings. The van der Waals surface area contributed by atoms with Crippen LogP contribution in [0.2, 0.25) is 0 Å². The second-order valence-corrected chi connectivity index (χ2v) is 10.4. The average Bonchev–Trinajstić information content (AvgIpc) is 3.31. The number of nitrogens with zero attached hydrogens (tertiary/aromatic N) is 3. The lowest BCUT2D eigenvalue weighted by atomic mass is 10.1. The Balaban J connectivity index is 1.67. The third-order valence-electron chi connectivity index (χ3n) is 5.80. The minimum Gasteiger partial charge on any atom is -0.324 e. The minimum atomic E-state index is -3.12. The molecule has 1 N–H and O–H groups in total. The van der Waals surface area contributed by atoms with Gasteiger partial charge in [0.05, 0.1) is 28.8 Å². The molecule has 1 atom stereocenters. The summed E-state index contributed by atoms with van der Waals surface area (Å²) in [5.41, 5.74) is 2.80. The van der Waals surface area contributed by atoms with Crippen LogP contribution in [0.25, 0.3) is 22.3 Å². The van der Waals surface area contributed by atoms with E-state index >= 15 is 0 Å². The summed E-state index contributed by atoms with van der Waals surface area (Å²) in [6.45, 7) is 1.79. The Morgan fingerprint density at radius 3 is 2.58 bits per heavy atom. The number of rotatable bonds is 4. The lowest BCUT2D eigenvalue weighted by Crippen LogP contribution is -2.16. The zero-order valence-corrected chi connectivity index (χ0v) is 18.6. The Bertz CT molecular complexity index is 1480. The van der Waals surface area contributed by atoms with Crippen molar-refractivity contribution in [1.82, 2.24) is 14.5 Å². The molecular formula is C24H21FN4O3S. The van der Waals surface area contributed by atoms with E-state index in [9.17, 15) is 17.6 Å². The fraction of sp³-hybridized carbons (Fsp3) is 0.208. The standard InChI is InChI=1S/C24H21FN4O3S/c1-15-26-22-21(29(15)19-10-11-33(31,32)14-19)13-20(16-6-3-2-4-7-16)28-23(22)24(30)27-18-9-5-8-17(25)12-18/h2-9,12-13,19H,10-11,14H2,1H3,(H,27,30). The Morgan fingerprint density at radius 2 is 1.88 bits per heavy atom. The van der Waals surface area contributed by atoms with Gasteiger partial charge in [-0.2, -0.15) is 0 Å². The number of fused-ring (bicyclic) bond motifs is 1. The summed E-state index contributed by atoms with van der Waals surface area (Å²) in [6, 6.07) is 16.6. The lowest BCUT2D eigenvalue weighted by Gasteiger charge is -2.15. The number of benzene rings is 2. The minimum absolute atomic E-state index is 0.0348. The van der Waals surface area contributed by atoms with Crippen LogP contribution in [-0.4, -0.2) is 40.4 Å². The highest BCUT2D eigenvalue weighted by Gasteiger charge is 2.32. The van der Waals surface area contributed by atoms with Gasteiger partial charge in [0, 0.05) is 11.3 Å². The van der Waals surface area contributed by atoms with Crippen molar-refractivity contribution in [2.24, 2.45) is 0 Å². The fourth-order valence-electron chi connectivity index (χ4n) is 4.32. The molecule has 2 aromatic heterocycles. The SMILES string of the molecule is Cc1nc2c(C(=O)Nc3cccc(F)c3)nc(-c3ccccc3)cc2n1C1CCS(=O)(=O)C1. The third kappa shape index (κ3) is 4.11. The van der Waals surface area contributed by atoms with Crippen LogP contribution in [0, 0.1) is 12.7 Å². The molecule has 9 heteroatoms. The Kier molecular flexibility index (Phi) is 5.20.